The van der Waals surface area contributed by atoms with Crippen molar-refractivity contribution < 1.29 is 4.39 Å². The van der Waals surface area contributed by atoms with Gasteiger partial charge in [-0.15, -0.1) is 0 Å². The molecule has 0 heterocycles. The Kier molecular flexibility index (Phi) is 8.03. The molecule has 2 nitrogen and oxygen atoms in total. The second kappa shape index (κ2) is 9.29. The first kappa shape index (κ1) is 16.4. The summed E-state index contributed by atoms with van der Waals surface area (Å²) in [4.78, 5) is 0. The average molecular weight is 287 g/mol. The first-order chi connectivity index (χ1) is 9.19. The predicted octanol–water partition coefficient (Wildman–Crippen LogP) is 4.73. The van der Waals surface area contributed by atoms with Crippen LogP contribution in [0.1, 0.15) is 63.5 Å². The monoisotopic (exact) mass is 286 g/mol. The highest BCUT2D eigenvalue weighted by Crippen LogP contribution is 2.23. The zero-order valence-electron chi connectivity index (χ0n) is 11.6. The van der Waals surface area contributed by atoms with E-state index in [9.17, 15) is 4.39 Å². The summed E-state index contributed by atoms with van der Waals surface area (Å²) in [5.41, 5.74) is 3.62. The lowest BCUT2D eigenvalue weighted by Crippen LogP contribution is -2.28. The molecule has 19 heavy (non-hydrogen) atoms. The molecule has 0 spiro atoms. The highest BCUT2D eigenvalue weighted by molar-refractivity contribution is 6.30. The van der Waals surface area contributed by atoms with Gasteiger partial charge in [-0.1, -0.05) is 63.1 Å². The predicted molar refractivity (Wildman–Crippen MR) is 79.5 cm³/mol. The molecule has 0 aliphatic carbocycles. The molecule has 0 saturated carbocycles. The van der Waals surface area contributed by atoms with Gasteiger partial charge in [0.25, 0.3) is 0 Å². The van der Waals surface area contributed by atoms with Crippen molar-refractivity contribution in [1.29, 1.82) is 0 Å². The molecule has 0 fully saturated rings. The second-order valence-corrected chi connectivity index (χ2v) is 5.36. The Balaban J connectivity index is 2.38. The van der Waals surface area contributed by atoms with Crippen molar-refractivity contribution in [3.8, 4) is 0 Å². The maximum absolute atomic E-state index is 13.4. The molecule has 4 heteroatoms. The molecular weight excluding hydrogens is 263 g/mol. The Morgan fingerprint density at radius 3 is 2.53 bits per heavy atom. The standard InChI is InChI=1S/C15H24ClFN2/c1-2-3-4-5-6-7-8-15(19-18)12-9-10-13(16)14(17)11-12/h9-11,15,19H,2-8,18H2,1H3. The molecule has 0 bridgehead atoms. The first-order valence-electron chi connectivity index (χ1n) is 7.10. The molecule has 0 aliphatic rings. The van der Waals surface area contributed by atoms with Crippen LogP contribution < -0.4 is 11.3 Å². The molecule has 1 unspecified atom stereocenters. The third-order valence-corrected chi connectivity index (χ3v) is 3.70. The van der Waals surface area contributed by atoms with E-state index < -0.39 is 0 Å². The number of halogens is 2. The van der Waals surface area contributed by atoms with Crippen LogP contribution in [0.25, 0.3) is 0 Å². The van der Waals surface area contributed by atoms with E-state index in [0.717, 1.165) is 18.4 Å². The Hall–Kier alpha value is -0.640. The lowest BCUT2D eigenvalue weighted by Gasteiger charge is -2.16. The molecule has 0 aromatic heterocycles. The van der Waals surface area contributed by atoms with Crippen LogP contribution in [0.2, 0.25) is 5.02 Å². The minimum atomic E-state index is -0.387. The summed E-state index contributed by atoms with van der Waals surface area (Å²) in [5.74, 6) is 5.16. The Labute approximate surface area is 120 Å². The van der Waals surface area contributed by atoms with E-state index in [4.69, 9.17) is 17.4 Å². The van der Waals surface area contributed by atoms with Crippen LogP contribution in [-0.4, -0.2) is 0 Å². The van der Waals surface area contributed by atoms with E-state index in [0.29, 0.717) is 0 Å². The maximum Gasteiger partial charge on any atom is 0.142 e. The number of benzene rings is 1. The van der Waals surface area contributed by atoms with Crippen molar-refractivity contribution in [2.45, 2.75) is 57.9 Å². The minimum Gasteiger partial charge on any atom is -0.271 e. The molecule has 1 aromatic rings. The summed E-state index contributed by atoms with van der Waals surface area (Å²) >= 11 is 5.68. The van der Waals surface area contributed by atoms with Gasteiger partial charge in [0, 0.05) is 6.04 Å². The zero-order chi connectivity index (χ0) is 14.1. The van der Waals surface area contributed by atoms with Crippen molar-refractivity contribution in [2.75, 3.05) is 0 Å². The number of hydrazine groups is 1. The molecule has 0 amide bonds. The fraction of sp³-hybridized carbons (Fsp3) is 0.600. The highest BCUT2D eigenvalue weighted by Gasteiger charge is 2.11. The molecule has 1 atom stereocenters. The van der Waals surface area contributed by atoms with E-state index >= 15 is 0 Å². The van der Waals surface area contributed by atoms with Gasteiger partial charge in [0.2, 0.25) is 0 Å². The van der Waals surface area contributed by atoms with Crippen LogP contribution in [-0.2, 0) is 0 Å². The van der Waals surface area contributed by atoms with Gasteiger partial charge in [-0.3, -0.25) is 11.3 Å². The smallest absolute Gasteiger partial charge is 0.142 e. The van der Waals surface area contributed by atoms with Crippen LogP contribution in [0.3, 0.4) is 0 Å². The van der Waals surface area contributed by atoms with Crippen molar-refractivity contribution in [1.82, 2.24) is 5.43 Å². The lowest BCUT2D eigenvalue weighted by molar-refractivity contribution is 0.474. The molecule has 1 rings (SSSR count). The van der Waals surface area contributed by atoms with Gasteiger partial charge < -0.3 is 0 Å². The third-order valence-electron chi connectivity index (χ3n) is 3.39. The molecular formula is C15H24ClFN2. The largest absolute Gasteiger partial charge is 0.271 e. The van der Waals surface area contributed by atoms with Gasteiger partial charge in [0.15, 0.2) is 0 Å². The van der Waals surface area contributed by atoms with Crippen molar-refractivity contribution >= 4 is 11.6 Å². The van der Waals surface area contributed by atoms with Crippen LogP contribution in [0.15, 0.2) is 18.2 Å². The second-order valence-electron chi connectivity index (χ2n) is 4.95. The molecule has 108 valence electrons. The average Bonchev–Trinajstić information content (AvgIpc) is 2.41. The Bertz CT molecular complexity index is 371. The summed E-state index contributed by atoms with van der Waals surface area (Å²) in [6, 6.07) is 4.87. The van der Waals surface area contributed by atoms with Gasteiger partial charge in [-0.2, -0.15) is 0 Å². The van der Waals surface area contributed by atoms with Gasteiger partial charge in [0.1, 0.15) is 5.82 Å². The first-order valence-corrected chi connectivity index (χ1v) is 7.48. The lowest BCUT2D eigenvalue weighted by atomic mass is 10.00. The maximum atomic E-state index is 13.4. The van der Waals surface area contributed by atoms with Gasteiger partial charge in [-0.05, 0) is 24.1 Å². The molecule has 3 N–H and O–H groups in total. The van der Waals surface area contributed by atoms with E-state index in [1.807, 2.05) is 6.07 Å². The molecule has 1 aromatic carbocycles. The van der Waals surface area contributed by atoms with E-state index in [1.54, 1.807) is 6.07 Å². The number of hydrogen-bond donors (Lipinski definition) is 2. The molecule has 0 radical (unpaired) electrons. The summed E-state index contributed by atoms with van der Waals surface area (Å²) in [5, 5.41) is 0.152. The Morgan fingerprint density at radius 2 is 1.89 bits per heavy atom. The minimum absolute atomic E-state index is 0.00191. The van der Waals surface area contributed by atoms with Crippen LogP contribution in [0, 0.1) is 5.82 Å². The topological polar surface area (TPSA) is 38.0 Å². The number of nitrogens with two attached hydrogens (primary N) is 1. The van der Waals surface area contributed by atoms with Crippen molar-refractivity contribution in [3.63, 3.8) is 0 Å². The van der Waals surface area contributed by atoms with Gasteiger partial charge >= 0.3 is 0 Å². The number of nitrogens with one attached hydrogen (secondary N) is 1. The zero-order valence-corrected chi connectivity index (χ0v) is 12.3. The van der Waals surface area contributed by atoms with Crippen molar-refractivity contribution in [3.05, 3.63) is 34.6 Å². The fourth-order valence-corrected chi connectivity index (χ4v) is 2.32. The molecule has 0 saturated heterocycles. The number of rotatable bonds is 9. The van der Waals surface area contributed by atoms with Gasteiger partial charge in [-0.25, -0.2) is 4.39 Å². The quantitative estimate of drug-likeness (QED) is 0.391. The fourth-order valence-electron chi connectivity index (χ4n) is 2.20. The summed E-state index contributed by atoms with van der Waals surface area (Å²) in [7, 11) is 0. The summed E-state index contributed by atoms with van der Waals surface area (Å²) < 4.78 is 13.4. The number of hydrogen-bond acceptors (Lipinski definition) is 2. The molecule has 0 aliphatic heterocycles. The van der Waals surface area contributed by atoms with Gasteiger partial charge in [0.05, 0.1) is 5.02 Å². The SMILES string of the molecule is CCCCCCCCC(NN)c1ccc(Cl)c(F)c1. The van der Waals surface area contributed by atoms with E-state index in [1.165, 1.54) is 38.2 Å². The van der Waals surface area contributed by atoms with Crippen molar-refractivity contribution in [2.24, 2.45) is 5.84 Å². The highest BCUT2D eigenvalue weighted by atomic mass is 35.5. The van der Waals surface area contributed by atoms with E-state index in [-0.39, 0.29) is 16.9 Å². The number of unbranched alkanes of at least 4 members (excludes halogenated alkanes) is 5. The van der Waals surface area contributed by atoms with Crippen LogP contribution in [0.5, 0.6) is 0 Å². The van der Waals surface area contributed by atoms with Crippen LogP contribution >= 0.6 is 11.6 Å². The van der Waals surface area contributed by atoms with Crippen LogP contribution in [0.4, 0.5) is 4.39 Å². The third kappa shape index (κ3) is 5.89. The summed E-state index contributed by atoms with van der Waals surface area (Å²) in [6.45, 7) is 2.21. The normalized spacial score (nSPS) is 12.6. The Morgan fingerprint density at radius 1 is 1.21 bits per heavy atom. The summed E-state index contributed by atoms with van der Waals surface area (Å²) in [6.07, 6.45) is 8.35. The van der Waals surface area contributed by atoms with E-state index in [2.05, 4.69) is 12.3 Å².